The van der Waals surface area contributed by atoms with Crippen molar-refractivity contribution in [2.75, 3.05) is 51.9 Å². The summed E-state index contributed by atoms with van der Waals surface area (Å²) in [6, 6.07) is 15.6. The highest BCUT2D eigenvalue weighted by Gasteiger charge is 2.41. The van der Waals surface area contributed by atoms with Crippen LogP contribution >= 0.6 is 11.6 Å². The zero-order valence-electron chi connectivity index (χ0n) is 19.8. The Morgan fingerprint density at radius 3 is 2.33 bits per heavy atom. The maximum atomic E-state index is 13.5. The number of ether oxygens (including phenoxy) is 1. The van der Waals surface area contributed by atoms with E-state index in [1.165, 1.54) is 0 Å². The van der Waals surface area contributed by atoms with Gasteiger partial charge in [-0.25, -0.2) is 14.8 Å². The van der Waals surface area contributed by atoms with Crippen LogP contribution in [0.4, 0.5) is 10.5 Å². The molecule has 1 atom stereocenters. The maximum Gasteiger partial charge on any atom is 0.412 e. The lowest BCUT2D eigenvalue weighted by atomic mass is 10.1. The van der Waals surface area contributed by atoms with E-state index in [2.05, 4.69) is 5.32 Å². The maximum absolute atomic E-state index is 13.5. The van der Waals surface area contributed by atoms with Gasteiger partial charge in [0.1, 0.15) is 12.4 Å². The predicted molar refractivity (Wildman–Crippen MR) is 133 cm³/mol. The number of amides is 3. The van der Waals surface area contributed by atoms with E-state index in [4.69, 9.17) is 16.3 Å². The molecule has 2 aromatic rings. The summed E-state index contributed by atoms with van der Waals surface area (Å²) < 4.78 is 5.62. The highest BCUT2D eigenvalue weighted by atomic mass is 35.5. The van der Waals surface area contributed by atoms with Crippen molar-refractivity contribution >= 4 is 35.2 Å². The number of halogens is 1. The Morgan fingerprint density at radius 1 is 0.972 bits per heavy atom. The highest BCUT2D eigenvalue weighted by molar-refractivity contribution is 6.30. The van der Waals surface area contributed by atoms with Gasteiger partial charge in [0, 0.05) is 55.7 Å². The van der Waals surface area contributed by atoms with Crippen LogP contribution in [0.5, 0.6) is 0 Å². The Bertz CT molecular complexity index is 1170. The van der Waals surface area contributed by atoms with Crippen molar-refractivity contribution in [3.8, 4) is 0 Å². The Labute approximate surface area is 214 Å². The van der Waals surface area contributed by atoms with Crippen LogP contribution in [0.1, 0.15) is 11.7 Å². The van der Waals surface area contributed by atoms with E-state index in [1.54, 1.807) is 58.4 Å². The molecular formula is C25H27ClN6O4. The molecule has 3 aliphatic heterocycles. The van der Waals surface area contributed by atoms with Gasteiger partial charge in [-0.15, -0.1) is 0 Å². The van der Waals surface area contributed by atoms with Gasteiger partial charge in [0.25, 0.3) is 11.8 Å². The summed E-state index contributed by atoms with van der Waals surface area (Å²) >= 11 is 5.90. The highest BCUT2D eigenvalue weighted by Crippen LogP contribution is 2.27. The monoisotopic (exact) mass is 510 g/mol. The fourth-order valence-electron chi connectivity index (χ4n) is 4.56. The Balaban J connectivity index is 1.23. The number of rotatable bonds is 5. The Kier molecular flexibility index (Phi) is 6.71. The van der Waals surface area contributed by atoms with Crippen LogP contribution in [0, 0.1) is 0 Å². The topological polar surface area (TPSA) is 88.7 Å². The molecule has 5 rings (SSSR count). The van der Waals surface area contributed by atoms with E-state index < -0.39 is 12.2 Å². The van der Waals surface area contributed by atoms with Crippen LogP contribution in [-0.4, -0.2) is 89.2 Å². The number of benzene rings is 2. The van der Waals surface area contributed by atoms with Gasteiger partial charge >= 0.3 is 6.09 Å². The number of carbonyl (C=O) groups is 3. The number of hydrogen-bond donors (Lipinski definition) is 1. The molecular weight excluding hydrogens is 484 g/mol. The summed E-state index contributed by atoms with van der Waals surface area (Å²) in [6.45, 7) is 3.02. The molecule has 1 unspecified atom stereocenters. The van der Waals surface area contributed by atoms with Gasteiger partial charge < -0.3 is 19.4 Å². The van der Waals surface area contributed by atoms with Crippen LogP contribution in [0.25, 0.3) is 0 Å². The first kappa shape index (κ1) is 24.0. The Morgan fingerprint density at radius 2 is 1.67 bits per heavy atom. The molecule has 10 nitrogen and oxygen atoms in total. The second-order valence-electron chi connectivity index (χ2n) is 8.91. The number of anilines is 1. The third kappa shape index (κ3) is 4.95. The van der Waals surface area contributed by atoms with Gasteiger partial charge in [-0.3, -0.25) is 14.9 Å². The number of fused-ring (bicyclic) bond motifs is 1. The fraction of sp³-hybridized carbons (Fsp3) is 0.320. The van der Waals surface area contributed by atoms with Crippen molar-refractivity contribution in [3.63, 3.8) is 0 Å². The minimum atomic E-state index is -1.09. The largest absolute Gasteiger partial charge is 0.431 e. The van der Waals surface area contributed by atoms with Crippen LogP contribution in [0.2, 0.25) is 5.02 Å². The fourth-order valence-corrected chi connectivity index (χ4v) is 4.69. The normalized spacial score (nSPS) is 18.7. The lowest BCUT2D eigenvalue weighted by Crippen LogP contribution is -2.56. The van der Waals surface area contributed by atoms with E-state index in [0.717, 1.165) is 0 Å². The van der Waals surface area contributed by atoms with Crippen molar-refractivity contribution in [1.29, 1.82) is 0 Å². The third-order valence-electron chi connectivity index (χ3n) is 6.39. The van der Waals surface area contributed by atoms with Crippen molar-refractivity contribution in [1.82, 2.24) is 24.7 Å². The SMILES string of the molecule is CN1C=C2C(=O)N(N3CCN(C(=O)C(OC(=O)Nc4ccc(Cl)cc4)c4ccccc4)CC3)CN2C1. The molecule has 0 aliphatic carbocycles. The summed E-state index contributed by atoms with van der Waals surface area (Å²) in [5, 5.41) is 6.91. The van der Waals surface area contributed by atoms with E-state index in [0.29, 0.717) is 61.5 Å². The molecule has 11 heteroatoms. The molecule has 3 aliphatic rings. The molecule has 0 aromatic heterocycles. The molecule has 0 radical (unpaired) electrons. The number of piperazine rings is 1. The van der Waals surface area contributed by atoms with E-state index >= 15 is 0 Å². The molecule has 1 N–H and O–H groups in total. The van der Waals surface area contributed by atoms with E-state index in [9.17, 15) is 14.4 Å². The molecule has 0 spiro atoms. The molecule has 36 heavy (non-hydrogen) atoms. The van der Waals surface area contributed by atoms with Crippen LogP contribution in [0.15, 0.2) is 66.5 Å². The van der Waals surface area contributed by atoms with Crippen molar-refractivity contribution in [3.05, 3.63) is 77.1 Å². The van der Waals surface area contributed by atoms with Gasteiger partial charge in [0.15, 0.2) is 0 Å². The first-order valence-corrected chi connectivity index (χ1v) is 12.1. The minimum absolute atomic E-state index is 0.0245. The third-order valence-corrected chi connectivity index (χ3v) is 6.64. The molecule has 2 fully saturated rings. The van der Waals surface area contributed by atoms with Crippen molar-refractivity contribution < 1.29 is 19.1 Å². The number of hydrogen-bond acceptors (Lipinski definition) is 7. The van der Waals surface area contributed by atoms with Crippen LogP contribution in [-0.2, 0) is 14.3 Å². The lowest BCUT2D eigenvalue weighted by Gasteiger charge is -2.40. The molecule has 3 amide bonds. The zero-order valence-corrected chi connectivity index (χ0v) is 20.6. The predicted octanol–water partition coefficient (Wildman–Crippen LogP) is 2.54. The van der Waals surface area contributed by atoms with Gasteiger partial charge in [0.2, 0.25) is 6.10 Å². The number of nitrogens with zero attached hydrogens (tertiary/aromatic N) is 5. The summed E-state index contributed by atoms with van der Waals surface area (Å²) in [7, 11) is 1.94. The van der Waals surface area contributed by atoms with Crippen molar-refractivity contribution in [2.45, 2.75) is 6.10 Å². The molecule has 0 saturated carbocycles. The number of nitrogens with one attached hydrogen (secondary N) is 1. The van der Waals surface area contributed by atoms with E-state index in [-0.39, 0.29) is 11.8 Å². The molecule has 0 bridgehead atoms. The average Bonchev–Trinajstić information content (AvgIpc) is 3.40. The first-order chi connectivity index (χ1) is 17.4. The van der Waals surface area contributed by atoms with Gasteiger partial charge in [-0.05, 0) is 24.3 Å². The average molecular weight is 511 g/mol. The summed E-state index contributed by atoms with van der Waals surface area (Å²) in [5.74, 6) is -0.326. The Hall–Kier alpha value is -3.76. The second-order valence-corrected chi connectivity index (χ2v) is 9.34. The van der Waals surface area contributed by atoms with Crippen LogP contribution in [0.3, 0.4) is 0 Å². The summed E-state index contributed by atoms with van der Waals surface area (Å²) in [6.07, 6.45) is 0.0307. The van der Waals surface area contributed by atoms with Gasteiger partial charge in [0.05, 0.1) is 6.67 Å². The molecule has 188 valence electrons. The number of hydrazine groups is 1. The number of carbonyl (C=O) groups excluding carboxylic acids is 3. The van der Waals surface area contributed by atoms with Crippen LogP contribution < -0.4 is 5.32 Å². The van der Waals surface area contributed by atoms with Gasteiger partial charge in [-0.1, -0.05) is 41.9 Å². The van der Waals surface area contributed by atoms with Gasteiger partial charge in [-0.2, -0.15) is 0 Å². The summed E-state index contributed by atoms with van der Waals surface area (Å²) in [5.41, 5.74) is 1.79. The zero-order chi connectivity index (χ0) is 25.2. The first-order valence-electron chi connectivity index (χ1n) is 11.7. The van der Waals surface area contributed by atoms with Crippen molar-refractivity contribution in [2.24, 2.45) is 0 Å². The quantitative estimate of drug-likeness (QED) is 0.661. The minimum Gasteiger partial charge on any atom is -0.431 e. The summed E-state index contributed by atoms with van der Waals surface area (Å²) in [4.78, 5) is 44.7. The lowest BCUT2D eigenvalue weighted by molar-refractivity contribution is -0.152. The smallest absolute Gasteiger partial charge is 0.412 e. The second kappa shape index (κ2) is 10.1. The molecule has 3 heterocycles. The standard InChI is InChI=1S/C25H27ClN6O4/c1-28-15-21-23(33)32(17-30(21)16-28)31-13-11-29(12-14-31)24(34)22(18-5-3-2-4-6-18)36-25(35)27-20-9-7-19(26)8-10-20/h2-10,15,22H,11-14,16-17H2,1H3,(H,27,35). The molecule has 2 aromatic carbocycles. The molecule has 2 saturated heterocycles. The van der Waals surface area contributed by atoms with E-state index in [1.807, 2.05) is 34.1 Å².